The standard InChI is InChI=1S/C59H104O5/c1-3-5-7-9-11-13-15-17-19-21-23-24-25-26-27-28-29-30-31-32-33-34-36-37-39-41-43-45-47-49-51-53-58(61)63-56-57(55-60)64-59(62)54-52-50-48-46-44-42-40-38-35-22-20-18-16-14-12-10-8-6-4-2/h6,8,12,14,18,20,35,38,42,44,48,50,57,60H,3-5,7,9-11,13,15-17,19,21-34,36-37,39-41,43,45-47,49,51-56H2,1-2H3/b8-6-,14-12-,20-18-,38-35-,44-42-,50-48-. The first-order valence-corrected chi connectivity index (χ1v) is 27.5. The number of carbonyl (C=O) groups excluding carboxylic acids is 2. The molecule has 0 aromatic heterocycles. The van der Waals surface area contributed by atoms with Crippen LogP contribution in [0.1, 0.15) is 271 Å². The van der Waals surface area contributed by atoms with Crippen LogP contribution in [0.2, 0.25) is 0 Å². The van der Waals surface area contributed by atoms with Crippen molar-refractivity contribution < 1.29 is 24.2 Å². The van der Waals surface area contributed by atoms with Crippen molar-refractivity contribution in [3.8, 4) is 0 Å². The molecule has 0 bridgehead atoms. The highest BCUT2D eigenvalue weighted by atomic mass is 16.6. The van der Waals surface area contributed by atoms with Crippen molar-refractivity contribution in [2.24, 2.45) is 0 Å². The molecule has 5 nitrogen and oxygen atoms in total. The van der Waals surface area contributed by atoms with Gasteiger partial charge in [-0.05, 0) is 51.4 Å². The molecule has 370 valence electrons. The average molecular weight is 893 g/mol. The van der Waals surface area contributed by atoms with Crippen LogP contribution in [0.4, 0.5) is 0 Å². The number of aliphatic hydroxyl groups is 1. The molecule has 0 aliphatic carbocycles. The van der Waals surface area contributed by atoms with Crippen molar-refractivity contribution >= 4 is 11.9 Å². The first-order valence-electron chi connectivity index (χ1n) is 27.5. The van der Waals surface area contributed by atoms with Crippen LogP contribution >= 0.6 is 0 Å². The van der Waals surface area contributed by atoms with Crippen LogP contribution in [0.5, 0.6) is 0 Å². The minimum atomic E-state index is -0.815. The zero-order chi connectivity index (χ0) is 46.3. The SMILES string of the molecule is CC/C=C\C/C=C\C/C=C\C/C=C\C/C=C\C/C=C\CCC(=O)OC(CO)COC(=O)CCCCCCCCCCCCCCCCCCCCCCCCCCCCCCCCC. The van der Waals surface area contributed by atoms with Crippen molar-refractivity contribution in [3.63, 3.8) is 0 Å². The summed E-state index contributed by atoms with van der Waals surface area (Å²) in [6.45, 7) is 3.99. The third kappa shape index (κ3) is 52.0. The maximum Gasteiger partial charge on any atom is 0.306 e. The lowest BCUT2D eigenvalue weighted by Gasteiger charge is -2.15. The molecule has 0 fully saturated rings. The minimum Gasteiger partial charge on any atom is -0.462 e. The summed E-state index contributed by atoms with van der Waals surface area (Å²) in [6.07, 6.45) is 74.7. The summed E-state index contributed by atoms with van der Waals surface area (Å²) in [4.78, 5) is 24.4. The van der Waals surface area contributed by atoms with E-state index in [2.05, 4.69) is 74.6 Å². The van der Waals surface area contributed by atoms with E-state index in [9.17, 15) is 14.7 Å². The summed E-state index contributed by atoms with van der Waals surface area (Å²) in [7, 11) is 0. The molecule has 0 aliphatic heterocycles. The summed E-state index contributed by atoms with van der Waals surface area (Å²) in [6, 6.07) is 0. The van der Waals surface area contributed by atoms with Crippen LogP contribution in [0.3, 0.4) is 0 Å². The van der Waals surface area contributed by atoms with Crippen molar-refractivity contribution in [1.82, 2.24) is 0 Å². The van der Waals surface area contributed by atoms with E-state index >= 15 is 0 Å². The molecule has 0 amide bonds. The van der Waals surface area contributed by atoms with Gasteiger partial charge < -0.3 is 14.6 Å². The molecule has 0 saturated heterocycles. The molecular weight excluding hydrogens is 789 g/mol. The van der Waals surface area contributed by atoms with E-state index in [1.54, 1.807) is 0 Å². The van der Waals surface area contributed by atoms with Gasteiger partial charge in [0.1, 0.15) is 6.61 Å². The Bertz CT molecular complexity index is 1150. The molecule has 1 atom stereocenters. The number of allylic oxidation sites excluding steroid dienone is 12. The largest absolute Gasteiger partial charge is 0.462 e. The zero-order valence-corrected chi connectivity index (χ0v) is 42.3. The Hall–Kier alpha value is -2.66. The van der Waals surface area contributed by atoms with Crippen LogP contribution in [0.15, 0.2) is 72.9 Å². The number of unbranched alkanes of at least 4 members (excludes halogenated alkanes) is 30. The van der Waals surface area contributed by atoms with Gasteiger partial charge in [-0.2, -0.15) is 0 Å². The third-order valence-electron chi connectivity index (χ3n) is 12.0. The Morgan fingerprint density at radius 1 is 0.375 bits per heavy atom. The maximum absolute atomic E-state index is 12.2. The van der Waals surface area contributed by atoms with Gasteiger partial charge in [-0.3, -0.25) is 9.59 Å². The molecule has 5 heteroatoms. The van der Waals surface area contributed by atoms with Crippen LogP contribution in [-0.4, -0.2) is 36.4 Å². The van der Waals surface area contributed by atoms with Crippen LogP contribution < -0.4 is 0 Å². The fourth-order valence-electron chi connectivity index (χ4n) is 7.94. The van der Waals surface area contributed by atoms with E-state index in [0.717, 1.165) is 57.8 Å². The van der Waals surface area contributed by atoms with Gasteiger partial charge >= 0.3 is 11.9 Å². The van der Waals surface area contributed by atoms with Gasteiger partial charge in [0.25, 0.3) is 0 Å². The van der Waals surface area contributed by atoms with Gasteiger partial charge in [-0.15, -0.1) is 0 Å². The number of carbonyl (C=O) groups is 2. The second-order valence-corrected chi connectivity index (χ2v) is 18.3. The summed E-state index contributed by atoms with van der Waals surface area (Å²) in [5.74, 6) is -0.682. The number of aliphatic hydroxyl groups excluding tert-OH is 1. The quantitative estimate of drug-likeness (QED) is 0.0374. The molecule has 0 aliphatic rings. The molecule has 0 spiro atoms. The van der Waals surface area contributed by atoms with Crippen molar-refractivity contribution in [2.75, 3.05) is 13.2 Å². The predicted molar refractivity (Wildman–Crippen MR) is 279 cm³/mol. The number of esters is 2. The number of hydrogen-bond donors (Lipinski definition) is 1. The molecule has 0 rings (SSSR count). The first kappa shape index (κ1) is 61.3. The van der Waals surface area contributed by atoms with Crippen LogP contribution in [0, 0.1) is 0 Å². The highest BCUT2D eigenvalue weighted by molar-refractivity contribution is 5.70. The summed E-state index contributed by atoms with van der Waals surface area (Å²) in [5.41, 5.74) is 0. The van der Waals surface area contributed by atoms with E-state index in [-0.39, 0.29) is 25.6 Å². The Morgan fingerprint density at radius 3 is 0.984 bits per heavy atom. The smallest absolute Gasteiger partial charge is 0.306 e. The molecule has 0 heterocycles. The Labute approximate surface area is 397 Å². The Balaban J connectivity index is 3.50. The number of hydrogen-bond acceptors (Lipinski definition) is 5. The fourth-order valence-corrected chi connectivity index (χ4v) is 7.94. The molecule has 0 aromatic carbocycles. The topological polar surface area (TPSA) is 72.8 Å². The lowest BCUT2D eigenvalue weighted by molar-refractivity contribution is -0.161. The van der Waals surface area contributed by atoms with E-state index < -0.39 is 12.1 Å². The molecule has 0 saturated carbocycles. The highest BCUT2D eigenvalue weighted by Gasteiger charge is 2.15. The lowest BCUT2D eigenvalue weighted by Crippen LogP contribution is -2.28. The normalized spacial score (nSPS) is 12.7. The molecule has 0 aromatic rings. The maximum atomic E-state index is 12.2. The molecule has 1 unspecified atom stereocenters. The number of rotatable bonds is 50. The second-order valence-electron chi connectivity index (χ2n) is 18.3. The summed E-state index contributed by atoms with van der Waals surface area (Å²) < 4.78 is 10.6. The fraction of sp³-hybridized carbons (Fsp3) is 0.763. The van der Waals surface area contributed by atoms with Gasteiger partial charge in [-0.1, -0.05) is 279 Å². The molecule has 64 heavy (non-hydrogen) atoms. The van der Waals surface area contributed by atoms with E-state index in [1.165, 1.54) is 180 Å². The second kappa shape index (κ2) is 54.7. The summed E-state index contributed by atoms with van der Waals surface area (Å²) in [5, 5.41) is 9.61. The zero-order valence-electron chi connectivity index (χ0n) is 42.3. The van der Waals surface area contributed by atoms with Crippen molar-refractivity contribution in [2.45, 2.75) is 277 Å². The van der Waals surface area contributed by atoms with Crippen molar-refractivity contribution in [1.29, 1.82) is 0 Å². The molecule has 1 N–H and O–H groups in total. The first-order chi connectivity index (χ1) is 31.6. The predicted octanol–water partition coefficient (Wildman–Crippen LogP) is 18.4. The third-order valence-corrected chi connectivity index (χ3v) is 12.0. The van der Waals surface area contributed by atoms with Gasteiger partial charge in [0.15, 0.2) is 6.10 Å². The highest BCUT2D eigenvalue weighted by Crippen LogP contribution is 2.17. The van der Waals surface area contributed by atoms with Crippen molar-refractivity contribution in [3.05, 3.63) is 72.9 Å². The molecule has 0 radical (unpaired) electrons. The Morgan fingerprint density at radius 2 is 0.672 bits per heavy atom. The van der Waals surface area contributed by atoms with E-state index in [0.29, 0.717) is 12.8 Å². The van der Waals surface area contributed by atoms with E-state index in [1.807, 2.05) is 12.2 Å². The summed E-state index contributed by atoms with van der Waals surface area (Å²) >= 11 is 0. The van der Waals surface area contributed by atoms with Gasteiger partial charge in [0.05, 0.1) is 6.61 Å². The van der Waals surface area contributed by atoms with E-state index in [4.69, 9.17) is 9.47 Å². The van der Waals surface area contributed by atoms with Crippen LogP contribution in [0.25, 0.3) is 0 Å². The average Bonchev–Trinajstić information content (AvgIpc) is 3.30. The number of ether oxygens (including phenoxy) is 2. The monoisotopic (exact) mass is 893 g/mol. The lowest BCUT2D eigenvalue weighted by atomic mass is 10.0. The van der Waals surface area contributed by atoms with Gasteiger partial charge in [0, 0.05) is 12.8 Å². The molecular formula is C59H104O5. The van der Waals surface area contributed by atoms with Crippen LogP contribution in [-0.2, 0) is 19.1 Å². The van der Waals surface area contributed by atoms with Gasteiger partial charge in [-0.25, -0.2) is 0 Å². The Kier molecular flexibility index (Phi) is 52.4. The minimum absolute atomic E-state index is 0.0966. The van der Waals surface area contributed by atoms with Gasteiger partial charge in [0.2, 0.25) is 0 Å².